The molecule has 1 amide bonds. The molecule has 0 spiro atoms. The highest BCUT2D eigenvalue weighted by atomic mass is 79.9. The number of anilines is 1. The van der Waals surface area contributed by atoms with Crippen LogP contribution >= 0.6 is 27.3 Å². The predicted octanol–water partition coefficient (Wildman–Crippen LogP) is 6.34. The summed E-state index contributed by atoms with van der Waals surface area (Å²) >= 11 is 4.95. The minimum atomic E-state index is -0.0859. The molecule has 0 aliphatic heterocycles. The van der Waals surface area contributed by atoms with Crippen LogP contribution in [0.15, 0.2) is 53.0 Å². The normalized spacial score (nSPS) is 11.2. The number of thiophene rings is 1. The molecule has 0 unspecified atom stereocenters. The molecule has 0 bridgehead atoms. The van der Waals surface area contributed by atoms with Gasteiger partial charge in [0.1, 0.15) is 4.83 Å². The summed E-state index contributed by atoms with van der Waals surface area (Å²) in [5.74, 6) is -0.0859. The number of carbonyl (C=O) groups is 1. The molecule has 0 fully saturated rings. The smallest absolute Gasteiger partial charge is 0.265 e. The Labute approximate surface area is 164 Å². The van der Waals surface area contributed by atoms with Gasteiger partial charge in [0.05, 0.1) is 10.4 Å². The van der Waals surface area contributed by atoms with E-state index in [1.807, 2.05) is 43.3 Å². The van der Waals surface area contributed by atoms with E-state index in [1.54, 1.807) is 0 Å². The molecule has 0 aliphatic carbocycles. The number of hydrogen-bond donors (Lipinski definition) is 1. The average molecular weight is 425 g/mol. The Balaban J connectivity index is 1.72. The molecule has 2 heterocycles. The summed E-state index contributed by atoms with van der Waals surface area (Å²) in [6.07, 6.45) is 0.856. The number of fused-ring (bicyclic) bond motifs is 2. The highest BCUT2D eigenvalue weighted by Crippen LogP contribution is 2.30. The zero-order valence-corrected chi connectivity index (χ0v) is 16.9. The van der Waals surface area contributed by atoms with Crippen LogP contribution in [0.1, 0.15) is 27.7 Å². The Bertz CT molecular complexity index is 1100. The van der Waals surface area contributed by atoms with Crippen LogP contribution in [0.4, 0.5) is 5.69 Å². The van der Waals surface area contributed by atoms with Gasteiger partial charge in [-0.3, -0.25) is 4.79 Å². The minimum absolute atomic E-state index is 0.0859. The Kier molecular flexibility index (Phi) is 4.51. The summed E-state index contributed by atoms with van der Waals surface area (Å²) < 4.78 is 1.03. The highest BCUT2D eigenvalue weighted by Gasteiger charge is 2.15. The zero-order valence-electron chi connectivity index (χ0n) is 14.5. The van der Waals surface area contributed by atoms with Crippen molar-refractivity contribution in [3.8, 4) is 0 Å². The minimum Gasteiger partial charge on any atom is -0.321 e. The van der Waals surface area contributed by atoms with Crippen LogP contribution < -0.4 is 5.32 Å². The molecule has 1 N–H and O–H groups in total. The zero-order chi connectivity index (χ0) is 18.3. The van der Waals surface area contributed by atoms with Crippen molar-refractivity contribution in [1.29, 1.82) is 0 Å². The summed E-state index contributed by atoms with van der Waals surface area (Å²) in [5.41, 5.74) is 4.02. The van der Waals surface area contributed by atoms with Gasteiger partial charge in [-0.2, -0.15) is 0 Å². The number of amides is 1. The van der Waals surface area contributed by atoms with E-state index in [2.05, 4.69) is 45.3 Å². The molecule has 3 nitrogen and oxygen atoms in total. The van der Waals surface area contributed by atoms with Gasteiger partial charge in [0.2, 0.25) is 0 Å². The molecule has 5 heteroatoms. The molecule has 2 aromatic carbocycles. The number of aryl methyl sites for hydroxylation is 2. The number of para-hydroxylation sites is 1. The number of hydrogen-bond acceptors (Lipinski definition) is 3. The Morgan fingerprint density at radius 3 is 2.77 bits per heavy atom. The number of aromatic nitrogens is 1. The lowest BCUT2D eigenvalue weighted by atomic mass is 10.1. The summed E-state index contributed by atoms with van der Waals surface area (Å²) in [5, 5.41) is 5.19. The third-order valence-corrected chi connectivity index (χ3v) is 5.94. The van der Waals surface area contributed by atoms with Gasteiger partial charge in [-0.25, -0.2) is 4.98 Å². The van der Waals surface area contributed by atoms with Gasteiger partial charge >= 0.3 is 0 Å². The van der Waals surface area contributed by atoms with Gasteiger partial charge in [-0.15, -0.1) is 11.3 Å². The van der Waals surface area contributed by atoms with Crippen LogP contribution in [0, 0.1) is 6.92 Å². The Hall–Kier alpha value is -2.24. The van der Waals surface area contributed by atoms with Crippen molar-refractivity contribution < 1.29 is 4.79 Å². The molecule has 0 atom stereocenters. The number of halogens is 1. The number of rotatable bonds is 3. The summed E-state index contributed by atoms with van der Waals surface area (Å²) in [7, 11) is 0. The van der Waals surface area contributed by atoms with E-state index >= 15 is 0 Å². The fourth-order valence-electron chi connectivity index (χ4n) is 3.13. The van der Waals surface area contributed by atoms with Gasteiger partial charge < -0.3 is 5.32 Å². The standard InChI is InChI=1S/C21H17BrN2OS/c1-3-13-10-16(22)8-12(2)19(13)24-20(25)18-11-15-9-14-6-4-5-7-17(14)23-21(15)26-18/h4-11H,3H2,1-2H3,(H,24,25). The first-order chi connectivity index (χ1) is 12.5. The van der Waals surface area contributed by atoms with Crippen LogP contribution in [0.3, 0.4) is 0 Å². The summed E-state index contributed by atoms with van der Waals surface area (Å²) in [4.78, 5) is 19.1. The first kappa shape index (κ1) is 17.2. The van der Waals surface area contributed by atoms with E-state index in [4.69, 9.17) is 0 Å². The second-order valence-electron chi connectivity index (χ2n) is 6.25. The lowest BCUT2D eigenvalue weighted by molar-refractivity contribution is 0.103. The van der Waals surface area contributed by atoms with Crippen molar-refractivity contribution in [2.24, 2.45) is 0 Å². The molecule has 2 aromatic heterocycles. The van der Waals surface area contributed by atoms with Gasteiger partial charge in [-0.05, 0) is 54.8 Å². The molecule has 0 aliphatic rings. The molecular weight excluding hydrogens is 408 g/mol. The second-order valence-corrected chi connectivity index (χ2v) is 8.20. The Morgan fingerprint density at radius 2 is 1.96 bits per heavy atom. The van der Waals surface area contributed by atoms with E-state index in [0.29, 0.717) is 4.88 Å². The maximum Gasteiger partial charge on any atom is 0.265 e. The van der Waals surface area contributed by atoms with Crippen molar-refractivity contribution in [3.05, 3.63) is 69.0 Å². The summed E-state index contributed by atoms with van der Waals surface area (Å²) in [6.45, 7) is 4.10. The van der Waals surface area contributed by atoms with Crippen LogP contribution in [0.25, 0.3) is 21.1 Å². The number of nitrogens with one attached hydrogen (secondary N) is 1. The summed E-state index contributed by atoms with van der Waals surface area (Å²) in [6, 6.07) is 16.1. The van der Waals surface area contributed by atoms with E-state index < -0.39 is 0 Å². The van der Waals surface area contributed by atoms with Crippen LogP contribution in [0.2, 0.25) is 0 Å². The molecule has 4 aromatic rings. The van der Waals surface area contributed by atoms with Gasteiger partial charge in [-0.1, -0.05) is 41.1 Å². The molecule has 0 saturated heterocycles. The first-order valence-electron chi connectivity index (χ1n) is 8.45. The van der Waals surface area contributed by atoms with Crippen molar-refractivity contribution in [1.82, 2.24) is 4.98 Å². The Morgan fingerprint density at radius 1 is 1.15 bits per heavy atom. The van der Waals surface area contributed by atoms with Crippen molar-refractivity contribution in [2.75, 3.05) is 5.32 Å². The lowest BCUT2D eigenvalue weighted by Gasteiger charge is -2.13. The van der Waals surface area contributed by atoms with Crippen LogP contribution in [-0.2, 0) is 6.42 Å². The van der Waals surface area contributed by atoms with E-state index in [1.165, 1.54) is 11.3 Å². The topological polar surface area (TPSA) is 42.0 Å². The molecular formula is C21H17BrN2OS. The van der Waals surface area contributed by atoms with Crippen LogP contribution in [-0.4, -0.2) is 10.9 Å². The van der Waals surface area contributed by atoms with Gasteiger partial charge in [0.25, 0.3) is 5.91 Å². The number of pyridine rings is 1. The van der Waals surface area contributed by atoms with Gasteiger partial charge in [0.15, 0.2) is 0 Å². The molecule has 4 rings (SSSR count). The molecule has 0 saturated carbocycles. The number of nitrogens with zero attached hydrogens (tertiary/aromatic N) is 1. The van der Waals surface area contributed by atoms with Crippen molar-refractivity contribution in [2.45, 2.75) is 20.3 Å². The van der Waals surface area contributed by atoms with Crippen molar-refractivity contribution in [3.63, 3.8) is 0 Å². The van der Waals surface area contributed by atoms with Crippen LogP contribution in [0.5, 0.6) is 0 Å². The third kappa shape index (κ3) is 3.13. The molecule has 130 valence electrons. The monoisotopic (exact) mass is 424 g/mol. The van der Waals surface area contributed by atoms with Crippen molar-refractivity contribution >= 4 is 60.0 Å². The third-order valence-electron chi connectivity index (χ3n) is 4.44. The highest BCUT2D eigenvalue weighted by molar-refractivity contribution is 9.10. The fourth-order valence-corrected chi connectivity index (χ4v) is 4.67. The predicted molar refractivity (Wildman–Crippen MR) is 113 cm³/mol. The average Bonchev–Trinajstić information content (AvgIpc) is 3.04. The molecule has 26 heavy (non-hydrogen) atoms. The number of carbonyl (C=O) groups excluding carboxylic acids is 1. The van der Waals surface area contributed by atoms with E-state index in [0.717, 1.165) is 48.8 Å². The first-order valence-corrected chi connectivity index (χ1v) is 10.1. The lowest BCUT2D eigenvalue weighted by Crippen LogP contribution is -2.13. The maximum absolute atomic E-state index is 12.8. The van der Waals surface area contributed by atoms with E-state index in [9.17, 15) is 4.79 Å². The SMILES string of the molecule is CCc1cc(Br)cc(C)c1NC(=O)c1cc2cc3ccccc3nc2s1. The largest absolute Gasteiger partial charge is 0.321 e. The maximum atomic E-state index is 12.8. The second kappa shape index (κ2) is 6.82. The van der Waals surface area contributed by atoms with Gasteiger partial charge in [0, 0.05) is 20.9 Å². The quantitative estimate of drug-likeness (QED) is 0.417. The number of benzene rings is 2. The fraction of sp³-hybridized carbons (Fsp3) is 0.143. The molecule has 0 radical (unpaired) electrons. The van der Waals surface area contributed by atoms with E-state index in [-0.39, 0.29) is 5.91 Å².